The predicted molar refractivity (Wildman–Crippen MR) is 268 cm³/mol. The summed E-state index contributed by atoms with van der Waals surface area (Å²) in [4.78, 5) is 12.0. The van der Waals surface area contributed by atoms with Gasteiger partial charge in [-0.05, 0) is 33.2 Å². The summed E-state index contributed by atoms with van der Waals surface area (Å²) in [6.45, 7) is 8.28. The SMILES string of the molecule is CCCCCCCCCCCCCCCCCCCCCCCCCCN[C@@H](CO[C@H]1O[C@H](COC(=O)NC(C)C)[C@H](O)[C@H](O)[C@H]1O)[C@H](O)[C@H](O)CCCCCCCCCCCCCC. The van der Waals surface area contributed by atoms with Gasteiger partial charge in [0.25, 0.3) is 0 Å². The van der Waals surface area contributed by atoms with Crippen LogP contribution in [0.3, 0.4) is 0 Å². The molecule has 388 valence electrons. The van der Waals surface area contributed by atoms with Crippen molar-refractivity contribution in [3.8, 4) is 0 Å². The van der Waals surface area contributed by atoms with Crippen LogP contribution in [0.2, 0.25) is 0 Å². The van der Waals surface area contributed by atoms with Gasteiger partial charge in [-0.25, -0.2) is 4.79 Å². The molecular formula is C54H108N2O9. The molecule has 1 saturated heterocycles. The first-order chi connectivity index (χ1) is 31.6. The first-order valence-corrected chi connectivity index (χ1v) is 28.0. The van der Waals surface area contributed by atoms with Gasteiger partial charge in [-0.2, -0.15) is 0 Å². The monoisotopic (exact) mass is 929 g/mol. The first kappa shape index (κ1) is 62.0. The maximum Gasteiger partial charge on any atom is 0.407 e. The van der Waals surface area contributed by atoms with Crippen LogP contribution < -0.4 is 10.6 Å². The Bertz CT molecular complexity index is 1020. The third-order valence-electron chi connectivity index (χ3n) is 13.5. The molecule has 0 aromatic rings. The molecule has 11 nitrogen and oxygen atoms in total. The molecule has 1 aliphatic rings. The smallest absolute Gasteiger partial charge is 0.407 e. The van der Waals surface area contributed by atoms with Gasteiger partial charge in [0.1, 0.15) is 31.0 Å². The minimum atomic E-state index is -1.60. The molecule has 0 aliphatic carbocycles. The number of ether oxygens (including phenoxy) is 3. The third-order valence-corrected chi connectivity index (χ3v) is 13.5. The largest absolute Gasteiger partial charge is 0.447 e. The number of aliphatic hydroxyl groups is 5. The number of carbonyl (C=O) groups is 1. The van der Waals surface area contributed by atoms with Crippen molar-refractivity contribution < 1.29 is 44.5 Å². The number of alkyl carbamates (subject to hydrolysis) is 1. The van der Waals surface area contributed by atoms with E-state index in [1.165, 1.54) is 193 Å². The van der Waals surface area contributed by atoms with Crippen LogP contribution in [0.5, 0.6) is 0 Å². The fourth-order valence-electron chi connectivity index (χ4n) is 9.11. The highest BCUT2D eigenvalue weighted by Gasteiger charge is 2.45. The van der Waals surface area contributed by atoms with E-state index in [4.69, 9.17) is 14.2 Å². The van der Waals surface area contributed by atoms with Gasteiger partial charge in [0.2, 0.25) is 0 Å². The number of hydrogen-bond acceptors (Lipinski definition) is 10. The number of carbonyl (C=O) groups excluding carboxylic acids is 1. The molecule has 1 fully saturated rings. The lowest BCUT2D eigenvalue weighted by molar-refractivity contribution is -0.303. The summed E-state index contributed by atoms with van der Waals surface area (Å²) >= 11 is 0. The molecule has 0 aromatic heterocycles. The van der Waals surface area contributed by atoms with Gasteiger partial charge in [0.05, 0.1) is 24.9 Å². The van der Waals surface area contributed by atoms with Crippen LogP contribution in [-0.2, 0) is 14.2 Å². The minimum Gasteiger partial charge on any atom is -0.447 e. The van der Waals surface area contributed by atoms with E-state index in [1.807, 2.05) is 0 Å². The molecular weight excluding hydrogens is 821 g/mol. The molecule has 0 bridgehead atoms. The topological polar surface area (TPSA) is 170 Å². The summed E-state index contributed by atoms with van der Waals surface area (Å²) in [6.07, 6.45) is 37.5. The van der Waals surface area contributed by atoms with Crippen molar-refractivity contribution >= 4 is 6.09 Å². The fourth-order valence-corrected chi connectivity index (χ4v) is 9.11. The van der Waals surface area contributed by atoms with Crippen molar-refractivity contribution in [2.24, 2.45) is 0 Å². The molecule has 0 spiro atoms. The van der Waals surface area contributed by atoms with Gasteiger partial charge >= 0.3 is 6.09 Å². The Morgan fingerprint density at radius 1 is 0.523 bits per heavy atom. The summed E-state index contributed by atoms with van der Waals surface area (Å²) in [5, 5.41) is 60.3. The lowest BCUT2D eigenvalue weighted by atomic mass is 9.98. The van der Waals surface area contributed by atoms with E-state index >= 15 is 0 Å². The summed E-state index contributed by atoms with van der Waals surface area (Å²) in [5.74, 6) is 0. The van der Waals surface area contributed by atoms with Gasteiger partial charge in [0, 0.05) is 6.04 Å². The molecule has 0 aromatic carbocycles. The second-order valence-corrected chi connectivity index (χ2v) is 20.2. The van der Waals surface area contributed by atoms with Crippen molar-refractivity contribution in [2.75, 3.05) is 19.8 Å². The molecule has 7 N–H and O–H groups in total. The number of nitrogens with one attached hydrogen (secondary N) is 2. The average Bonchev–Trinajstić information content (AvgIpc) is 3.29. The normalized spacial score (nSPS) is 20.3. The summed E-state index contributed by atoms with van der Waals surface area (Å²) in [6, 6.07) is -0.805. The van der Waals surface area contributed by atoms with E-state index in [2.05, 4.69) is 24.5 Å². The van der Waals surface area contributed by atoms with E-state index in [0.29, 0.717) is 13.0 Å². The third kappa shape index (κ3) is 34.8. The Morgan fingerprint density at radius 3 is 1.28 bits per heavy atom. The van der Waals surface area contributed by atoms with Crippen LogP contribution >= 0.6 is 0 Å². The minimum absolute atomic E-state index is 0.109. The lowest BCUT2D eigenvalue weighted by Crippen LogP contribution is -2.60. The van der Waals surface area contributed by atoms with Crippen molar-refractivity contribution in [3.63, 3.8) is 0 Å². The highest BCUT2D eigenvalue weighted by molar-refractivity contribution is 5.67. The van der Waals surface area contributed by atoms with Crippen LogP contribution in [0.1, 0.15) is 265 Å². The lowest BCUT2D eigenvalue weighted by Gasteiger charge is -2.40. The van der Waals surface area contributed by atoms with Gasteiger partial charge in [-0.3, -0.25) is 0 Å². The number of aliphatic hydroxyl groups excluding tert-OH is 5. The maximum atomic E-state index is 12.0. The Morgan fingerprint density at radius 2 is 0.892 bits per heavy atom. The van der Waals surface area contributed by atoms with Gasteiger partial charge < -0.3 is 50.4 Å². The molecule has 0 radical (unpaired) electrons. The molecule has 1 rings (SSSR count). The van der Waals surface area contributed by atoms with Crippen molar-refractivity contribution in [1.29, 1.82) is 0 Å². The summed E-state index contributed by atoms with van der Waals surface area (Å²) in [5.41, 5.74) is 0. The Hall–Kier alpha value is -1.05. The van der Waals surface area contributed by atoms with E-state index in [9.17, 15) is 30.3 Å². The standard InChI is InChI=1S/C54H108N2O9/c1-5-7-9-11-13-15-17-19-20-21-22-23-24-25-26-27-28-29-30-32-34-36-38-40-42-55-46(49(58)47(57)41-39-37-35-33-31-18-16-14-12-10-8-6-2)43-63-53-52(61)51(60)50(59)48(65-53)44-64-54(62)56-45(3)4/h45-53,55,57-61H,5-44H2,1-4H3,(H,56,62)/t46-,47+,48+,49-,50-,51-,52+,53-/m0/s1. The second kappa shape index (κ2) is 44.2. The Balaban J connectivity index is 2.36. The Kier molecular flexibility index (Phi) is 42.1. The summed E-state index contributed by atoms with van der Waals surface area (Å²) < 4.78 is 16.9. The molecule has 0 unspecified atom stereocenters. The highest BCUT2D eigenvalue weighted by atomic mass is 16.7. The molecule has 8 atom stereocenters. The van der Waals surface area contributed by atoms with Gasteiger partial charge in [-0.1, -0.05) is 239 Å². The summed E-state index contributed by atoms with van der Waals surface area (Å²) in [7, 11) is 0. The van der Waals surface area contributed by atoms with Crippen molar-refractivity contribution in [2.45, 2.75) is 320 Å². The van der Waals surface area contributed by atoms with Crippen LogP contribution in [0.15, 0.2) is 0 Å². The first-order valence-electron chi connectivity index (χ1n) is 28.0. The quantitative estimate of drug-likeness (QED) is 0.0292. The van der Waals surface area contributed by atoms with Crippen molar-refractivity contribution in [3.05, 3.63) is 0 Å². The maximum absolute atomic E-state index is 12.0. The highest BCUT2D eigenvalue weighted by Crippen LogP contribution is 2.24. The number of unbranched alkanes of at least 4 members (excludes halogenated alkanes) is 34. The van der Waals surface area contributed by atoms with Crippen LogP contribution in [-0.4, -0.2) is 106 Å². The average molecular weight is 929 g/mol. The number of rotatable bonds is 47. The molecule has 11 heteroatoms. The zero-order chi connectivity index (χ0) is 47.6. The molecule has 1 heterocycles. The molecule has 65 heavy (non-hydrogen) atoms. The van der Waals surface area contributed by atoms with E-state index in [1.54, 1.807) is 13.8 Å². The van der Waals surface area contributed by atoms with Crippen LogP contribution in [0, 0.1) is 0 Å². The molecule has 0 saturated carbocycles. The zero-order valence-corrected chi connectivity index (χ0v) is 42.8. The zero-order valence-electron chi connectivity index (χ0n) is 42.8. The van der Waals surface area contributed by atoms with Crippen LogP contribution in [0.25, 0.3) is 0 Å². The van der Waals surface area contributed by atoms with Crippen molar-refractivity contribution in [1.82, 2.24) is 10.6 Å². The Labute approximate surface area is 400 Å². The van der Waals surface area contributed by atoms with E-state index in [0.717, 1.165) is 38.5 Å². The van der Waals surface area contributed by atoms with Crippen LogP contribution in [0.4, 0.5) is 4.79 Å². The molecule has 1 amide bonds. The number of amides is 1. The van der Waals surface area contributed by atoms with Gasteiger partial charge in [0.15, 0.2) is 6.29 Å². The predicted octanol–water partition coefficient (Wildman–Crippen LogP) is 12.1. The van der Waals surface area contributed by atoms with Gasteiger partial charge in [-0.15, -0.1) is 0 Å². The fraction of sp³-hybridized carbons (Fsp3) is 0.981. The number of hydrogen-bond donors (Lipinski definition) is 7. The molecule has 1 aliphatic heterocycles. The van der Waals surface area contributed by atoms with E-state index in [-0.39, 0.29) is 19.3 Å². The second-order valence-electron chi connectivity index (χ2n) is 20.2. The van der Waals surface area contributed by atoms with E-state index < -0.39 is 55.0 Å².